The number of hydrogen-bond donors (Lipinski definition) is 2. The van der Waals surface area contributed by atoms with Gasteiger partial charge in [-0.05, 0) is 31.6 Å². The van der Waals surface area contributed by atoms with Crippen molar-refractivity contribution in [2.75, 3.05) is 6.54 Å². The van der Waals surface area contributed by atoms with Crippen molar-refractivity contribution < 1.29 is 9.53 Å². The van der Waals surface area contributed by atoms with Crippen molar-refractivity contribution in [3.8, 4) is 0 Å². The van der Waals surface area contributed by atoms with E-state index in [1.54, 1.807) is 0 Å². The fourth-order valence-corrected chi connectivity index (χ4v) is 3.35. The van der Waals surface area contributed by atoms with E-state index in [0.29, 0.717) is 0 Å². The van der Waals surface area contributed by atoms with E-state index in [-0.39, 0.29) is 29.6 Å². The summed E-state index contributed by atoms with van der Waals surface area (Å²) in [6, 6.07) is -0.242. The molecule has 1 aliphatic carbocycles. The van der Waals surface area contributed by atoms with Gasteiger partial charge in [0.25, 0.3) is 0 Å². The number of hydrogen-bond acceptors (Lipinski definition) is 3. The molecule has 1 saturated carbocycles. The van der Waals surface area contributed by atoms with Crippen LogP contribution in [-0.4, -0.2) is 30.2 Å². The van der Waals surface area contributed by atoms with Crippen LogP contribution in [-0.2, 0) is 9.53 Å². The van der Waals surface area contributed by atoms with Crippen molar-refractivity contribution in [2.45, 2.75) is 70.1 Å². The van der Waals surface area contributed by atoms with Gasteiger partial charge in [0.05, 0.1) is 17.7 Å². The molecule has 0 bridgehead atoms. The molecule has 4 heteroatoms. The Bertz CT molecular complexity index is 298. The van der Waals surface area contributed by atoms with Gasteiger partial charge in [-0.3, -0.25) is 4.79 Å². The lowest BCUT2D eigenvalue weighted by Gasteiger charge is -2.25. The van der Waals surface area contributed by atoms with Gasteiger partial charge in [0.15, 0.2) is 0 Å². The van der Waals surface area contributed by atoms with Crippen LogP contribution < -0.4 is 11.1 Å². The third kappa shape index (κ3) is 3.04. The topological polar surface area (TPSA) is 64.3 Å². The quantitative estimate of drug-likeness (QED) is 0.783. The zero-order valence-corrected chi connectivity index (χ0v) is 11.6. The SMILES string of the molecule is CC(C)C(NCC1CCC2(CCCC2)O1)C(N)=O. The molecular weight excluding hydrogens is 228 g/mol. The Morgan fingerprint density at radius 2 is 2.06 bits per heavy atom. The Hall–Kier alpha value is -0.610. The van der Waals surface area contributed by atoms with Crippen LogP contribution in [0.25, 0.3) is 0 Å². The van der Waals surface area contributed by atoms with Crippen LogP contribution in [0.5, 0.6) is 0 Å². The number of primary amides is 1. The zero-order chi connectivity index (χ0) is 13.2. The summed E-state index contributed by atoms with van der Waals surface area (Å²) in [4.78, 5) is 11.3. The van der Waals surface area contributed by atoms with Gasteiger partial charge in [0.2, 0.25) is 5.91 Å². The van der Waals surface area contributed by atoms with E-state index < -0.39 is 0 Å². The molecule has 1 aliphatic heterocycles. The van der Waals surface area contributed by atoms with Crippen LogP contribution in [0.1, 0.15) is 52.4 Å². The number of amides is 1. The normalized spacial score (nSPS) is 28.1. The highest BCUT2D eigenvalue weighted by molar-refractivity contribution is 5.80. The summed E-state index contributed by atoms with van der Waals surface area (Å²) < 4.78 is 6.21. The molecule has 0 aromatic heterocycles. The van der Waals surface area contributed by atoms with Crippen LogP contribution in [0.4, 0.5) is 0 Å². The minimum atomic E-state index is -0.265. The first-order valence-corrected chi connectivity index (χ1v) is 7.23. The molecule has 1 heterocycles. The van der Waals surface area contributed by atoms with E-state index in [1.165, 1.54) is 32.1 Å². The predicted molar refractivity (Wildman–Crippen MR) is 71.1 cm³/mol. The Labute approximate surface area is 110 Å². The summed E-state index contributed by atoms with van der Waals surface area (Å²) in [6.07, 6.45) is 7.58. The van der Waals surface area contributed by atoms with Gasteiger partial charge in [-0.15, -0.1) is 0 Å². The second kappa shape index (κ2) is 5.57. The fourth-order valence-electron chi connectivity index (χ4n) is 3.35. The molecule has 1 amide bonds. The second-order valence-electron chi connectivity index (χ2n) is 6.20. The first kappa shape index (κ1) is 13.8. The van der Waals surface area contributed by atoms with Gasteiger partial charge < -0.3 is 15.8 Å². The Morgan fingerprint density at radius 3 is 2.61 bits per heavy atom. The molecule has 104 valence electrons. The number of nitrogens with one attached hydrogen (secondary N) is 1. The van der Waals surface area contributed by atoms with Gasteiger partial charge >= 0.3 is 0 Å². The molecule has 2 aliphatic rings. The molecule has 0 radical (unpaired) electrons. The molecule has 0 aromatic rings. The number of rotatable bonds is 5. The summed E-state index contributed by atoms with van der Waals surface area (Å²) in [5.74, 6) is -0.0390. The molecule has 1 spiro atoms. The summed E-state index contributed by atoms with van der Waals surface area (Å²) in [6.45, 7) is 4.76. The Kier molecular flexibility index (Phi) is 4.28. The summed E-state index contributed by atoms with van der Waals surface area (Å²) in [5.41, 5.74) is 5.57. The van der Waals surface area contributed by atoms with Crippen LogP contribution in [0.3, 0.4) is 0 Å². The first-order chi connectivity index (χ1) is 8.52. The largest absolute Gasteiger partial charge is 0.370 e. The summed E-state index contributed by atoms with van der Waals surface area (Å²) in [7, 11) is 0. The lowest BCUT2D eigenvalue weighted by molar-refractivity contribution is -0.121. The highest BCUT2D eigenvalue weighted by Crippen LogP contribution is 2.43. The molecule has 3 N–H and O–H groups in total. The third-order valence-electron chi connectivity index (χ3n) is 4.39. The minimum Gasteiger partial charge on any atom is -0.370 e. The van der Waals surface area contributed by atoms with E-state index in [9.17, 15) is 4.79 Å². The molecular formula is C14H26N2O2. The molecule has 4 nitrogen and oxygen atoms in total. The number of carbonyl (C=O) groups is 1. The fraction of sp³-hybridized carbons (Fsp3) is 0.929. The Morgan fingerprint density at radius 1 is 1.39 bits per heavy atom. The Balaban J connectivity index is 1.79. The van der Waals surface area contributed by atoms with Crippen molar-refractivity contribution >= 4 is 5.91 Å². The van der Waals surface area contributed by atoms with Crippen LogP contribution in [0.2, 0.25) is 0 Å². The molecule has 2 atom stereocenters. The van der Waals surface area contributed by atoms with Crippen LogP contribution in [0, 0.1) is 5.92 Å². The highest BCUT2D eigenvalue weighted by atomic mass is 16.5. The number of nitrogens with two attached hydrogens (primary N) is 1. The van der Waals surface area contributed by atoms with Crippen molar-refractivity contribution in [2.24, 2.45) is 11.7 Å². The molecule has 2 fully saturated rings. The molecule has 0 aromatic carbocycles. The van der Waals surface area contributed by atoms with Gasteiger partial charge in [0, 0.05) is 6.54 Å². The first-order valence-electron chi connectivity index (χ1n) is 7.23. The number of carbonyl (C=O) groups excluding carboxylic acids is 1. The molecule has 2 unspecified atom stereocenters. The predicted octanol–water partition coefficient (Wildman–Crippen LogP) is 1.58. The van der Waals surface area contributed by atoms with Crippen molar-refractivity contribution in [1.29, 1.82) is 0 Å². The lowest BCUT2D eigenvalue weighted by atomic mass is 9.98. The third-order valence-corrected chi connectivity index (χ3v) is 4.39. The van der Waals surface area contributed by atoms with E-state index in [4.69, 9.17) is 10.5 Å². The van der Waals surface area contributed by atoms with Crippen molar-refractivity contribution in [3.05, 3.63) is 0 Å². The van der Waals surface area contributed by atoms with Gasteiger partial charge in [-0.1, -0.05) is 26.7 Å². The van der Waals surface area contributed by atoms with Crippen LogP contribution in [0.15, 0.2) is 0 Å². The maximum absolute atomic E-state index is 11.3. The van der Waals surface area contributed by atoms with Crippen molar-refractivity contribution in [1.82, 2.24) is 5.32 Å². The van der Waals surface area contributed by atoms with E-state index in [2.05, 4.69) is 5.32 Å². The van der Waals surface area contributed by atoms with Gasteiger partial charge in [-0.25, -0.2) is 0 Å². The maximum Gasteiger partial charge on any atom is 0.234 e. The average molecular weight is 254 g/mol. The standard InChI is InChI=1S/C14H26N2O2/c1-10(2)12(13(15)17)16-9-11-5-8-14(18-11)6-3-4-7-14/h10-12,16H,3-9H2,1-2H3,(H2,15,17). The second-order valence-corrected chi connectivity index (χ2v) is 6.20. The monoisotopic (exact) mass is 254 g/mol. The summed E-state index contributed by atoms with van der Waals surface area (Å²) >= 11 is 0. The maximum atomic E-state index is 11.3. The minimum absolute atomic E-state index is 0.173. The van der Waals surface area contributed by atoms with Gasteiger partial charge in [0.1, 0.15) is 0 Å². The highest BCUT2D eigenvalue weighted by Gasteiger charge is 2.42. The summed E-state index contributed by atoms with van der Waals surface area (Å²) in [5, 5.41) is 3.27. The van der Waals surface area contributed by atoms with Crippen LogP contribution >= 0.6 is 0 Å². The van der Waals surface area contributed by atoms with E-state index in [0.717, 1.165) is 13.0 Å². The molecule has 18 heavy (non-hydrogen) atoms. The number of ether oxygens (including phenoxy) is 1. The van der Waals surface area contributed by atoms with E-state index >= 15 is 0 Å². The molecule has 1 saturated heterocycles. The van der Waals surface area contributed by atoms with E-state index in [1.807, 2.05) is 13.8 Å². The molecule has 2 rings (SSSR count). The smallest absolute Gasteiger partial charge is 0.234 e. The zero-order valence-electron chi connectivity index (χ0n) is 11.6. The lowest BCUT2D eigenvalue weighted by Crippen LogP contribution is -2.47. The van der Waals surface area contributed by atoms with Crippen molar-refractivity contribution in [3.63, 3.8) is 0 Å². The average Bonchev–Trinajstić information content (AvgIpc) is 2.89. The van der Waals surface area contributed by atoms with Gasteiger partial charge in [-0.2, -0.15) is 0 Å².